The average Bonchev–Trinajstić information content (AvgIpc) is 2.12. The summed E-state index contributed by atoms with van der Waals surface area (Å²) in [5, 5.41) is 1.00. The maximum atomic E-state index is 5.65. The molecule has 0 spiro atoms. The molecule has 0 saturated heterocycles. The summed E-state index contributed by atoms with van der Waals surface area (Å²) in [6, 6.07) is 3.82. The van der Waals surface area contributed by atoms with Crippen LogP contribution in [0.4, 0.5) is 5.69 Å². The number of hydrogen-bond donors (Lipinski definition) is 1. The van der Waals surface area contributed by atoms with Gasteiger partial charge in [0.1, 0.15) is 0 Å². The van der Waals surface area contributed by atoms with Crippen LogP contribution in [0.3, 0.4) is 0 Å². The van der Waals surface area contributed by atoms with Crippen LogP contribution in [0.25, 0.3) is 0 Å². The quantitative estimate of drug-likeness (QED) is 0.591. The van der Waals surface area contributed by atoms with Crippen molar-refractivity contribution in [2.45, 2.75) is 11.9 Å². The first-order chi connectivity index (χ1) is 6.24. The first-order valence-electron chi connectivity index (χ1n) is 4.09. The normalized spacial score (nSPS) is 10.3. The third-order valence-electron chi connectivity index (χ3n) is 1.64. The number of nitrogen functional groups attached to an aromatic ring is 1. The molecule has 2 N–H and O–H groups in total. The number of hydrogen-bond acceptors (Lipinski definition) is 4. The largest absolute Gasteiger partial charge is 0.397 e. The van der Waals surface area contributed by atoms with E-state index >= 15 is 0 Å². The van der Waals surface area contributed by atoms with E-state index in [1.54, 1.807) is 18.9 Å². The average molecular weight is 198 g/mol. The Morgan fingerprint density at radius 1 is 1.54 bits per heavy atom. The third-order valence-corrected chi connectivity index (χ3v) is 2.53. The lowest BCUT2D eigenvalue weighted by Crippen LogP contribution is -1.95. The maximum absolute atomic E-state index is 5.65. The molecule has 0 unspecified atom stereocenters. The highest BCUT2D eigenvalue weighted by atomic mass is 32.2. The first kappa shape index (κ1) is 10.3. The van der Waals surface area contributed by atoms with E-state index < -0.39 is 0 Å². The van der Waals surface area contributed by atoms with Gasteiger partial charge >= 0.3 is 0 Å². The van der Waals surface area contributed by atoms with Crippen molar-refractivity contribution in [2.24, 2.45) is 0 Å². The Labute approximate surface area is 82.7 Å². The van der Waals surface area contributed by atoms with Gasteiger partial charge in [-0.05, 0) is 19.1 Å². The molecular formula is C9H14N2OS. The fourth-order valence-corrected chi connectivity index (χ4v) is 1.68. The number of anilines is 1. The lowest BCUT2D eigenvalue weighted by atomic mass is 10.3. The van der Waals surface area contributed by atoms with Crippen molar-refractivity contribution in [2.75, 3.05) is 25.2 Å². The predicted molar refractivity (Wildman–Crippen MR) is 56.0 cm³/mol. The summed E-state index contributed by atoms with van der Waals surface area (Å²) < 4.78 is 4.94. The van der Waals surface area contributed by atoms with Crippen molar-refractivity contribution in [3.05, 3.63) is 17.8 Å². The molecule has 0 aliphatic rings. The topological polar surface area (TPSA) is 48.1 Å². The zero-order chi connectivity index (χ0) is 9.68. The SMILES string of the molecule is COCCSc1ccc(N)c(C)n1. The van der Waals surface area contributed by atoms with Gasteiger partial charge in [-0.2, -0.15) is 0 Å². The number of pyridine rings is 1. The summed E-state index contributed by atoms with van der Waals surface area (Å²) in [4.78, 5) is 4.33. The molecule has 0 saturated carbocycles. The lowest BCUT2D eigenvalue weighted by Gasteiger charge is -2.03. The fourth-order valence-electron chi connectivity index (χ4n) is 0.859. The summed E-state index contributed by atoms with van der Waals surface area (Å²) in [5.74, 6) is 0.923. The van der Waals surface area contributed by atoms with E-state index in [1.807, 2.05) is 19.1 Å². The van der Waals surface area contributed by atoms with Crippen LogP contribution >= 0.6 is 11.8 Å². The number of rotatable bonds is 4. The van der Waals surface area contributed by atoms with Gasteiger partial charge in [-0.15, -0.1) is 11.8 Å². The molecule has 1 aromatic heterocycles. The van der Waals surface area contributed by atoms with Gasteiger partial charge in [0.25, 0.3) is 0 Å². The van der Waals surface area contributed by atoms with Gasteiger partial charge in [0.05, 0.1) is 23.0 Å². The third kappa shape index (κ3) is 3.24. The molecule has 0 atom stereocenters. The summed E-state index contributed by atoms with van der Waals surface area (Å²) in [6.07, 6.45) is 0. The van der Waals surface area contributed by atoms with Gasteiger partial charge in [0.2, 0.25) is 0 Å². The van der Waals surface area contributed by atoms with E-state index in [4.69, 9.17) is 10.5 Å². The summed E-state index contributed by atoms with van der Waals surface area (Å²) >= 11 is 1.68. The van der Waals surface area contributed by atoms with Gasteiger partial charge in [-0.1, -0.05) is 0 Å². The second-order valence-electron chi connectivity index (χ2n) is 2.67. The number of nitrogens with zero attached hydrogens (tertiary/aromatic N) is 1. The number of ether oxygens (including phenoxy) is 1. The molecule has 0 radical (unpaired) electrons. The number of thioether (sulfide) groups is 1. The molecule has 0 bridgehead atoms. The standard InChI is InChI=1S/C9H14N2OS/c1-7-8(10)3-4-9(11-7)13-6-5-12-2/h3-4H,5-6,10H2,1-2H3. The highest BCUT2D eigenvalue weighted by Crippen LogP contribution is 2.18. The van der Waals surface area contributed by atoms with Gasteiger partial charge < -0.3 is 10.5 Å². The number of methoxy groups -OCH3 is 1. The molecule has 0 fully saturated rings. The minimum Gasteiger partial charge on any atom is -0.397 e. The number of aromatic nitrogens is 1. The Hall–Kier alpha value is -0.740. The van der Waals surface area contributed by atoms with Crippen molar-refractivity contribution in [3.63, 3.8) is 0 Å². The Morgan fingerprint density at radius 3 is 2.92 bits per heavy atom. The zero-order valence-electron chi connectivity index (χ0n) is 7.91. The molecule has 0 amide bonds. The van der Waals surface area contributed by atoms with Crippen molar-refractivity contribution in [1.29, 1.82) is 0 Å². The van der Waals surface area contributed by atoms with Crippen LogP contribution in [0, 0.1) is 6.92 Å². The molecule has 72 valence electrons. The number of aryl methyl sites for hydroxylation is 1. The Bertz CT molecular complexity index is 278. The summed E-state index contributed by atoms with van der Waals surface area (Å²) in [6.45, 7) is 2.66. The molecule has 0 aromatic carbocycles. The van der Waals surface area contributed by atoms with Crippen LogP contribution in [0.15, 0.2) is 17.2 Å². The second-order valence-corrected chi connectivity index (χ2v) is 3.78. The predicted octanol–water partition coefficient (Wildman–Crippen LogP) is 1.71. The Morgan fingerprint density at radius 2 is 2.31 bits per heavy atom. The van der Waals surface area contributed by atoms with Crippen molar-refractivity contribution in [1.82, 2.24) is 4.98 Å². The monoisotopic (exact) mass is 198 g/mol. The number of nitrogens with two attached hydrogens (primary N) is 1. The highest BCUT2D eigenvalue weighted by molar-refractivity contribution is 7.99. The molecule has 13 heavy (non-hydrogen) atoms. The minimum absolute atomic E-state index is 0.746. The van der Waals surface area contributed by atoms with Crippen LogP contribution < -0.4 is 5.73 Å². The Kier molecular flexibility index (Phi) is 4.05. The molecule has 0 aliphatic carbocycles. The Balaban J connectivity index is 2.53. The van der Waals surface area contributed by atoms with Crippen LogP contribution in [0.1, 0.15) is 5.69 Å². The first-order valence-corrected chi connectivity index (χ1v) is 5.07. The lowest BCUT2D eigenvalue weighted by molar-refractivity contribution is 0.218. The summed E-state index contributed by atoms with van der Waals surface area (Å²) in [5.41, 5.74) is 7.28. The molecule has 1 aromatic rings. The van der Waals surface area contributed by atoms with Gasteiger partial charge in [0, 0.05) is 12.9 Å². The van der Waals surface area contributed by atoms with E-state index in [-0.39, 0.29) is 0 Å². The van der Waals surface area contributed by atoms with Crippen LogP contribution in [0.5, 0.6) is 0 Å². The van der Waals surface area contributed by atoms with Gasteiger partial charge in [-0.25, -0.2) is 4.98 Å². The minimum atomic E-state index is 0.746. The summed E-state index contributed by atoms with van der Waals surface area (Å²) in [7, 11) is 1.70. The highest BCUT2D eigenvalue weighted by Gasteiger charge is 1.98. The van der Waals surface area contributed by atoms with Crippen molar-refractivity contribution < 1.29 is 4.74 Å². The van der Waals surface area contributed by atoms with E-state index in [9.17, 15) is 0 Å². The molecule has 3 nitrogen and oxygen atoms in total. The second kappa shape index (κ2) is 5.09. The van der Waals surface area contributed by atoms with Gasteiger partial charge in [-0.3, -0.25) is 0 Å². The van der Waals surface area contributed by atoms with Crippen molar-refractivity contribution in [3.8, 4) is 0 Å². The van der Waals surface area contributed by atoms with Gasteiger partial charge in [0.15, 0.2) is 0 Å². The van der Waals surface area contributed by atoms with Crippen LogP contribution in [0.2, 0.25) is 0 Å². The van der Waals surface area contributed by atoms with E-state index in [0.717, 1.165) is 28.8 Å². The van der Waals surface area contributed by atoms with E-state index in [1.165, 1.54) is 0 Å². The molecule has 1 heterocycles. The molecule has 0 aliphatic heterocycles. The van der Waals surface area contributed by atoms with Crippen LogP contribution in [-0.2, 0) is 4.74 Å². The zero-order valence-corrected chi connectivity index (χ0v) is 8.73. The van der Waals surface area contributed by atoms with Crippen LogP contribution in [-0.4, -0.2) is 24.5 Å². The fraction of sp³-hybridized carbons (Fsp3) is 0.444. The van der Waals surface area contributed by atoms with E-state index in [0.29, 0.717) is 0 Å². The van der Waals surface area contributed by atoms with Crippen molar-refractivity contribution >= 4 is 17.4 Å². The van der Waals surface area contributed by atoms with E-state index in [2.05, 4.69) is 4.98 Å². The molecule has 1 rings (SSSR count). The molecule has 4 heteroatoms. The smallest absolute Gasteiger partial charge is 0.0965 e. The molecular weight excluding hydrogens is 184 g/mol. The maximum Gasteiger partial charge on any atom is 0.0965 e.